The van der Waals surface area contributed by atoms with Crippen molar-refractivity contribution >= 4 is 28.1 Å². The minimum Gasteiger partial charge on any atom is -0.493 e. The largest absolute Gasteiger partial charge is 0.493 e. The van der Waals surface area contributed by atoms with Crippen molar-refractivity contribution in [2.24, 2.45) is 5.92 Å². The molecule has 0 aromatic heterocycles. The number of hydrogen-bond donors (Lipinski definition) is 1. The second-order valence-corrected chi connectivity index (χ2v) is 6.72. The third kappa shape index (κ3) is 4.70. The summed E-state index contributed by atoms with van der Waals surface area (Å²) in [5.74, 6) is 1.20. The first kappa shape index (κ1) is 17.8. The molecule has 0 spiro atoms. The van der Waals surface area contributed by atoms with Gasteiger partial charge in [0.1, 0.15) is 0 Å². The molecule has 1 fully saturated rings. The molecule has 0 bridgehead atoms. The van der Waals surface area contributed by atoms with Crippen molar-refractivity contribution in [2.75, 3.05) is 13.7 Å². The fourth-order valence-electron chi connectivity index (χ4n) is 2.84. The van der Waals surface area contributed by atoms with Crippen LogP contribution < -0.4 is 14.8 Å². The van der Waals surface area contributed by atoms with E-state index in [1.165, 1.54) is 13.5 Å². The van der Waals surface area contributed by atoms with Gasteiger partial charge in [-0.15, -0.1) is 0 Å². The lowest BCUT2D eigenvalue weighted by Gasteiger charge is -2.29. The molecular formula is C17H22BrNO4. The number of aldehydes is 1. The van der Waals surface area contributed by atoms with Crippen LogP contribution in [-0.4, -0.2) is 32.0 Å². The molecule has 1 amide bonds. The van der Waals surface area contributed by atoms with E-state index in [1.807, 2.05) is 0 Å². The van der Waals surface area contributed by atoms with Crippen molar-refractivity contribution in [2.45, 2.75) is 38.6 Å². The molecule has 2 rings (SSSR count). The van der Waals surface area contributed by atoms with Crippen LogP contribution in [0, 0.1) is 5.92 Å². The van der Waals surface area contributed by atoms with Crippen LogP contribution in [0.2, 0.25) is 0 Å². The molecule has 6 heteroatoms. The van der Waals surface area contributed by atoms with Gasteiger partial charge in [0.15, 0.2) is 24.4 Å². The van der Waals surface area contributed by atoms with Crippen molar-refractivity contribution in [3.8, 4) is 11.5 Å². The summed E-state index contributed by atoms with van der Waals surface area (Å²) >= 11 is 3.29. The number of amides is 1. The number of nitrogens with one attached hydrogen (secondary N) is 1. The van der Waals surface area contributed by atoms with Crippen molar-refractivity contribution in [3.05, 3.63) is 22.2 Å². The second-order valence-electron chi connectivity index (χ2n) is 5.87. The minimum absolute atomic E-state index is 0.0977. The number of ether oxygens (including phenoxy) is 2. The summed E-state index contributed by atoms with van der Waals surface area (Å²) in [7, 11) is 1.51. The van der Waals surface area contributed by atoms with Gasteiger partial charge in [-0.05, 0) is 46.8 Å². The van der Waals surface area contributed by atoms with E-state index in [1.54, 1.807) is 12.1 Å². The minimum atomic E-state index is -0.152. The number of halogens is 1. The molecule has 1 aliphatic rings. The molecular weight excluding hydrogens is 362 g/mol. The maximum Gasteiger partial charge on any atom is 0.258 e. The zero-order valence-corrected chi connectivity index (χ0v) is 15.0. The van der Waals surface area contributed by atoms with Crippen molar-refractivity contribution in [3.63, 3.8) is 0 Å². The van der Waals surface area contributed by atoms with Crippen LogP contribution in [-0.2, 0) is 4.79 Å². The monoisotopic (exact) mass is 383 g/mol. The predicted octanol–water partition coefficient (Wildman–Crippen LogP) is 3.34. The van der Waals surface area contributed by atoms with Gasteiger partial charge in [-0.3, -0.25) is 9.59 Å². The van der Waals surface area contributed by atoms with E-state index in [-0.39, 0.29) is 18.6 Å². The van der Waals surface area contributed by atoms with Crippen LogP contribution in [0.4, 0.5) is 0 Å². The van der Waals surface area contributed by atoms with Crippen LogP contribution in [0.5, 0.6) is 11.5 Å². The van der Waals surface area contributed by atoms with Crippen molar-refractivity contribution < 1.29 is 19.1 Å². The molecule has 1 saturated carbocycles. The summed E-state index contributed by atoms with van der Waals surface area (Å²) in [5, 5.41) is 3.03. The number of methoxy groups -OCH3 is 1. The highest BCUT2D eigenvalue weighted by Crippen LogP contribution is 2.32. The first-order chi connectivity index (χ1) is 11.0. The molecule has 0 saturated heterocycles. The fourth-order valence-corrected chi connectivity index (χ4v) is 3.25. The summed E-state index contributed by atoms with van der Waals surface area (Å²) in [6.45, 7) is 2.07. The van der Waals surface area contributed by atoms with E-state index >= 15 is 0 Å². The van der Waals surface area contributed by atoms with Crippen LogP contribution in [0.1, 0.15) is 43.0 Å². The zero-order valence-electron chi connectivity index (χ0n) is 13.4. The normalized spacial score (nSPS) is 20.7. The first-order valence-electron chi connectivity index (χ1n) is 7.80. The Morgan fingerprint density at radius 1 is 1.35 bits per heavy atom. The zero-order chi connectivity index (χ0) is 16.8. The van der Waals surface area contributed by atoms with Gasteiger partial charge in [-0.1, -0.05) is 19.8 Å². The SMILES string of the molecule is COc1cc(Br)c(C=O)cc1OCC(=O)N[C@@H]1CCCC[C@@H]1C. The summed E-state index contributed by atoms with van der Waals surface area (Å²) in [6, 6.07) is 3.43. The predicted molar refractivity (Wildman–Crippen MR) is 91.1 cm³/mol. The van der Waals surface area contributed by atoms with Crippen molar-refractivity contribution in [1.82, 2.24) is 5.32 Å². The fraction of sp³-hybridized carbons (Fsp3) is 0.529. The molecule has 0 heterocycles. The van der Waals surface area contributed by atoms with E-state index in [9.17, 15) is 9.59 Å². The standard InChI is InChI=1S/C17H22BrNO4/c1-11-5-3-4-6-14(11)19-17(21)10-23-16-7-12(9-20)13(18)8-15(16)22-2/h7-9,11,14H,3-6,10H2,1-2H3,(H,19,21)/t11-,14+/m0/s1. The molecule has 0 unspecified atom stereocenters. The van der Waals surface area contributed by atoms with E-state index in [4.69, 9.17) is 9.47 Å². The lowest BCUT2D eigenvalue weighted by Crippen LogP contribution is -2.43. The molecule has 1 aromatic carbocycles. The molecule has 1 aliphatic carbocycles. The van der Waals surface area contributed by atoms with Gasteiger partial charge < -0.3 is 14.8 Å². The number of hydrogen-bond acceptors (Lipinski definition) is 4. The van der Waals surface area contributed by atoms with E-state index in [0.717, 1.165) is 25.5 Å². The van der Waals surface area contributed by atoms with Crippen LogP contribution in [0.15, 0.2) is 16.6 Å². The van der Waals surface area contributed by atoms with Gasteiger partial charge in [-0.2, -0.15) is 0 Å². The topological polar surface area (TPSA) is 64.6 Å². The van der Waals surface area contributed by atoms with Gasteiger partial charge in [-0.25, -0.2) is 0 Å². The smallest absolute Gasteiger partial charge is 0.258 e. The molecule has 5 nitrogen and oxygen atoms in total. The third-order valence-electron chi connectivity index (χ3n) is 4.23. The molecule has 1 aromatic rings. The van der Waals surface area contributed by atoms with Gasteiger partial charge in [0.05, 0.1) is 7.11 Å². The van der Waals surface area contributed by atoms with Gasteiger partial charge in [0, 0.05) is 16.1 Å². The Morgan fingerprint density at radius 3 is 2.74 bits per heavy atom. The maximum absolute atomic E-state index is 12.1. The number of benzene rings is 1. The summed E-state index contributed by atoms with van der Waals surface area (Å²) < 4.78 is 11.4. The molecule has 1 N–H and O–H groups in total. The molecule has 0 aliphatic heterocycles. The average molecular weight is 384 g/mol. The molecule has 2 atom stereocenters. The number of carbonyl (C=O) groups excluding carboxylic acids is 2. The Kier molecular flexibility index (Phi) is 6.45. The Balaban J connectivity index is 1.96. The lowest BCUT2D eigenvalue weighted by molar-refractivity contribution is -0.124. The maximum atomic E-state index is 12.1. The van der Waals surface area contributed by atoms with E-state index in [2.05, 4.69) is 28.2 Å². The quantitative estimate of drug-likeness (QED) is 0.765. The third-order valence-corrected chi connectivity index (χ3v) is 4.91. The highest BCUT2D eigenvalue weighted by molar-refractivity contribution is 9.10. The summed E-state index contributed by atoms with van der Waals surface area (Å²) in [5.41, 5.74) is 0.446. The Morgan fingerprint density at radius 2 is 2.09 bits per heavy atom. The lowest BCUT2D eigenvalue weighted by atomic mass is 9.86. The van der Waals surface area contributed by atoms with Crippen LogP contribution in [0.3, 0.4) is 0 Å². The number of rotatable bonds is 6. The molecule has 0 radical (unpaired) electrons. The Bertz CT molecular complexity index is 576. The summed E-state index contributed by atoms with van der Waals surface area (Å²) in [6.07, 6.45) is 5.27. The van der Waals surface area contributed by atoms with Crippen LogP contribution in [0.25, 0.3) is 0 Å². The Hall–Kier alpha value is -1.56. The molecule has 23 heavy (non-hydrogen) atoms. The first-order valence-corrected chi connectivity index (χ1v) is 8.59. The van der Waals surface area contributed by atoms with E-state index < -0.39 is 0 Å². The average Bonchev–Trinajstić information content (AvgIpc) is 2.55. The van der Waals surface area contributed by atoms with Crippen LogP contribution >= 0.6 is 15.9 Å². The second kappa shape index (κ2) is 8.34. The van der Waals surface area contributed by atoms with Gasteiger partial charge in [0.2, 0.25) is 0 Å². The molecule has 126 valence electrons. The van der Waals surface area contributed by atoms with Gasteiger partial charge >= 0.3 is 0 Å². The van der Waals surface area contributed by atoms with E-state index in [0.29, 0.717) is 27.5 Å². The Labute approximate surface area is 144 Å². The highest BCUT2D eigenvalue weighted by Gasteiger charge is 2.23. The number of carbonyl (C=O) groups is 2. The van der Waals surface area contributed by atoms with Gasteiger partial charge in [0.25, 0.3) is 5.91 Å². The highest BCUT2D eigenvalue weighted by atomic mass is 79.9. The van der Waals surface area contributed by atoms with Crippen molar-refractivity contribution in [1.29, 1.82) is 0 Å². The summed E-state index contributed by atoms with van der Waals surface area (Å²) in [4.78, 5) is 23.1.